The Morgan fingerprint density at radius 3 is 2.60 bits per heavy atom. The van der Waals surface area contributed by atoms with Gasteiger partial charge in [0.2, 0.25) is 0 Å². The van der Waals surface area contributed by atoms with Gasteiger partial charge in [-0.25, -0.2) is 13.6 Å². The number of rotatable bonds is 7. The number of carbonyl (C=O) groups excluding carboxylic acids is 1. The molecule has 5 nitrogen and oxygen atoms in total. The van der Waals surface area contributed by atoms with Gasteiger partial charge in [0, 0.05) is 6.42 Å². The SMILES string of the molecule is COC(=O)CCc1ccc(OCC(F)F)c(C(=O)O)c1. The number of hydrogen-bond donors (Lipinski definition) is 1. The molecule has 1 N–H and O–H groups in total. The van der Waals surface area contributed by atoms with Gasteiger partial charge in [-0.3, -0.25) is 4.79 Å². The summed E-state index contributed by atoms with van der Waals surface area (Å²) in [6.45, 7) is -0.873. The number of carboxylic acids is 1. The lowest BCUT2D eigenvalue weighted by Gasteiger charge is -2.10. The van der Waals surface area contributed by atoms with Crippen LogP contribution in [0.4, 0.5) is 8.78 Å². The molecule has 0 aromatic heterocycles. The number of carboxylic acid groups (broad SMARTS) is 1. The number of carbonyl (C=O) groups is 2. The number of alkyl halides is 2. The number of esters is 1. The summed E-state index contributed by atoms with van der Waals surface area (Å²) in [6.07, 6.45) is -2.29. The monoisotopic (exact) mass is 288 g/mol. The van der Waals surface area contributed by atoms with E-state index in [1.54, 1.807) is 0 Å². The highest BCUT2D eigenvalue weighted by Crippen LogP contribution is 2.21. The van der Waals surface area contributed by atoms with E-state index in [1.807, 2.05) is 0 Å². The van der Waals surface area contributed by atoms with Gasteiger partial charge in [-0.1, -0.05) is 6.07 Å². The molecule has 0 heterocycles. The second kappa shape index (κ2) is 7.42. The number of methoxy groups -OCH3 is 1. The van der Waals surface area contributed by atoms with Crippen LogP contribution in [0.15, 0.2) is 18.2 Å². The van der Waals surface area contributed by atoms with Gasteiger partial charge in [0.25, 0.3) is 6.43 Å². The Morgan fingerprint density at radius 2 is 2.05 bits per heavy atom. The summed E-state index contributed by atoms with van der Waals surface area (Å²) in [6, 6.07) is 4.13. The molecular weight excluding hydrogens is 274 g/mol. The molecule has 0 spiro atoms. The van der Waals surface area contributed by atoms with Crippen molar-refractivity contribution < 1.29 is 33.0 Å². The first-order chi connectivity index (χ1) is 9.43. The highest BCUT2D eigenvalue weighted by molar-refractivity contribution is 5.91. The molecular formula is C13H14F2O5. The standard InChI is InChI=1S/C13H14F2O5/c1-19-12(16)5-3-8-2-4-10(20-7-11(14)15)9(6-8)13(17)18/h2,4,6,11H,3,5,7H2,1H3,(H,17,18). The number of aromatic carboxylic acids is 1. The fourth-order valence-electron chi connectivity index (χ4n) is 1.53. The Morgan fingerprint density at radius 1 is 1.35 bits per heavy atom. The van der Waals surface area contributed by atoms with Crippen molar-refractivity contribution >= 4 is 11.9 Å². The molecule has 0 amide bonds. The van der Waals surface area contributed by atoms with Crippen LogP contribution in [0.2, 0.25) is 0 Å². The number of hydrogen-bond acceptors (Lipinski definition) is 4. The molecule has 0 aliphatic carbocycles. The van der Waals surface area contributed by atoms with Gasteiger partial charge in [0.15, 0.2) is 0 Å². The highest BCUT2D eigenvalue weighted by Gasteiger charge is 2.14. The molecule has 0 fully saturated rings. The molecule has 7 heteroatoms. The van der Waals surface area contributed by atoms with E-state index in [9.17, 15) is 18.4 Å². The Labute approximate surface area is 114 Å². The minimum absolute atomic E-state index is 0.104. The predicted octanol–water partition coefficient (Wildman–Crippen LogP) is 2.13. The van der Waals surface area contributed by atoms with Gasteiger partial charge < -0.3 is 14.6 Å². The molecule has 1 aromatic rings. The normalized spacial score (nSPS) is 10.4. The van der Waals surface area contributed by atoms with Crippen molar-refractivity contribution in [3.63, 3.8) is 0 Å². The molecule has 0 radical (unpaired) electrons. The molecule has 20 heavy (non-hydrogen) atoms. The van der Waals surface area contributed by atoms with Crippen molar-refractivity contribution in [1.82, 2.24) is 0 Å². The predicted molar refractivity (Wildman–Crippen MR) is 65.2 cm³/mol. The van der Waals surface area contributed by atoms with Crippen LogP contribution in [-0.2, 0) is 16.0 Å². The Bertz CT molecular complexity index is 488. The summed E-state index contributed by atoms with van der Waals surface area (Å²) < 4.78 is 33.3. The van der Waals surface area contributed by atoms with Crippen LogP contribution in [-0.4, -0.2) is 37.2 Å². The fourth-order valence-corrected chi connectivity index (χ4v) is 1.53. The third-order valence-corrected chi connectivity index (χ3v) is 2.48. The van der Waals surface area contributed by atoms with Crippen LogP contribution in [0.5, 0.6) is 5.75 Å². The summed E-state index contributed by atoms with van der Waals surface area (Å²) in [5.41, 5.74) is 0.366. The number of ether oxygens (including phenoxy) is 2. The molecule has 0 bridgehead atoms. The summed E-state index contributed by atoms with van der Waals surface area (Å²) in [4.78, 5) is 22.1. The highest BCUT2D eigenvalue weighted by atomic mass is 19.3. The van der Waals surface area contributed by atoms with Gasteiger partial charge in [-0.05, 0) is 24.1 Å². The molecule has 1 aromatic carbocycles. The summed E-state index contributed by atoms with van der Waals surface area (Å²) in [7, 11) is 1.26. The zero-order valence-electron chi connectivity index (χ0n) is 10.8. The van der Waals surface area contributed by atoms with E-state index in [4.69, 9.17) is 9.84 Å². The van der Waals surface area contributed by atoms with Crippen LogP contribution in [0.1, 0.15) is 22.3 Å². The third kappa shape index (κ3) is 4.83. The minimum Gasteiger partial charge on any atom is -0.487 e. The first kappa shape index (κ1) is 15.9. The second-order valence-electron chi connectivity index (χ2n) is 3.91. The average Bonchev–Trinajstić information content (AvgIpc) is 2.42. The van der Waals surface area contributed by atoms with Crippen LogP contribution in [0, 0.1) is 0 Å². The zero-order valence-corrected chi connectivity index (χ0v) is 10.8. The van der Waals surface area contributed by atoms with Crippen molar-refractivity contribution in [1.29, 1.82) is 0 Å². The summed E-state index contributed by atoms with van der Waals surface area (Å²) in [5, 5.41) is 9.02. The quantitative estimate of drug-likeness (QED) is 0.778. The van der Waals surface area contributed by atoms with Crippen LogP contribution in [0.3, 0.4) is 0 Å². The van der Waals surface area contributed by atoms with Gasteiger partial charge in [-0.2, -0.15) is 0 Å². The van der Waals surface area contributed by atoms with E-state index in [-0.39, 0.29) is 17.7 Å². The Balaban J connectivity index is 2.83. The summed E-state index contributed by atoms with van der Waals surface area (Å²) in [5.74, 6) is -1.83. The Kier molecular flexibility index (Phi) is 5.89. The van der Waals surface area contributed by atoms with E-state index in [1.165, 1.54) is 25.3 Å². The first-order valence-electron chi connectivity index (χ1n) is 5.78. The molecule has 0 saturated carbocycles. The van der Waals surface area contributed by atoms with Crippen LogP contribution in [0.25, 0.3) is 0 Å². The zero-order chi connectivity index (χ0) is 15.1. The lowest BCUT2D eigenvalue weighted by molar-refractivity contribution is -0.140. The van der Waals surface area contributed by atoms with Gasteiger partial charge in [-0.15, -0.1) is 0 Å². The molecule has 0 saturated heterocycles. The van der Waals surface area contributed by atoms with E-state index < -0.39 is 25.0 Å². The third-order valence-electron chi connectivity index (χ3n) is 2.48. The second-order valence-corrected chi connectivity index (χ2v) is 3.91. The van der Waals surface area contributed by atoms with Gasteiger partial charge in [0.05, 0.1) is 7.11 Å². The maximum Gasteiger partial charge on any atom is 0.339 e. The largest absolute Gasteiger partial charge is 0.487 e. The minimum atomic E-state index is -2.68. The van der Waals surface area contributed by atoms with E-state index in [0.717, 1.165) is 0 Å². The smallest absolute Gasteiger partial charge is 0.339 e. The van der Waals surface area contributed by atoms with Crippen molar-refractivity contribution in [3.05, 3.63) is 29.3 Å². The molecule has 0 unspecified atom stereocenters. The molecule has 1 rings (SSSR count). The topological polar surface area (TPSA) is 72.8 Å². The van der Waals surface area contributed by atoms with E-state index in [0.29, 0.717) is 12.0 Å². The lowest BCUT2D eigenvalue weighted by Crippen LogP contribution is -2.11. The number of halogens is 2. The first-order valence-corrected chi connectivity index (χ1v) is 5.78. The van der Waals surface area contributed by atoms with Crippen molar-refractivity contribution in [2.45, 2.75) is 19.3 Å². The van der Waals surface area contributed by atoms with Crippen molar-refractivity contribution in [2.24, 2.45) is 0 Å². The maximum absolute atomic E-state index is 12.1. The summed E-state index contributed by atoms with van der Waals surface area (Å²) >= 11 is 0. The van der Waals surface area contributed by atoms with Gasteiger partial charge >= 0.3 is 11.9 Å². The Hall–Kier alpha value is -2.18. The van der Waals surface area contributed by atoms with Crippen LogP contribution >= 0.6 is 0 Å². The number of aryl methyl sites for hydroxylation is 1. The van der Waals surface area contributed by atoms with Crippen molar-refractivity contribution in [3.8, 4) is 5.75 Å². The van der Waals surface area contributed by atoms with Crippen LogP contribution < -0.4 is 4.74 Å². The average molecular weight is 288 g/mol. The molecule has 0 aliphatic rings. The van der Waals surface area contributed by atoms with E-state index >= 15 is 0 Å². The van der Waals surface area contributed by atoms with Gasteiger partial charge in [0.1, 0.15) is 17.9 Å². The lowest BCUT2D eigenvalue weighted by atomic mass is 10.1. The maximum atomic E-state index is 12.1. The molecule has 110 valence electrons. The van der Waals surface area contributed by atoms with Crippen molar-refractivity contribution in [2.75, 3.05) is 13.7 Å². The van der Waals surface area contributed by atoms with E-state index in [2.05, 4.69) is 4.74 Å². The fraction of sp³-hybridized carbons (Fsp3) is 0.385. The molecule has 0 atom stereocenters. The molecule has 0 aliphatic heterocycles. The number of benzene rings is 1.